The molecule has 94 valence electrons. The summed E-state index contributed by atoms with van der Waals surface area (Å²) in [6.07, 6.45) is 0.523. The lowest BCUT2D eigenvalue weighted by Gasteiger charge is -2.04. The van der Waals surface area contributed by atoms with Gasteiger partial charge in [-0.15, -0.1) is 0 Å². The van der Waals surface area contributed by atoms with Gasteiger partial charge in [0.25, 0.3) is 0 Å². The highest BCUT2D eigenvalue weighted by atomic mass is 16.5. The number of benzene rings is 1. The Balaban J connectivity index is 1.96. The lowest BCUT2D eigenvalue weighted by Crippen LogP contribution is -2.02. The number of hydrogen-bond donors (Lipinski definition) is 1. The highest BCUT2D eigenvalue weighted by Gasteiger charge is 2.04. The van der Waals surface area contributed by atoms with Gasteiger partial charge in [0.05, 0.1) is 6.54 Å². The van der Waals surface area contributed by atoms with Crippen molar-refractivity contribution in [2.45, 2.75) is 26.8 Å². The summed E-state index contributed by atoms with van der Waals surface area (Å²) in [5.41, 5.74) is 1.66. The first-order chi connectivity index (χ1) is 8.69. The molecule has 0 fully saturated rings. The first-order valence-electron chi connectivity index (χ1n) is 5.85. The molecule has 2 aromatic rings. The third-order valence-electron chi connectivity index (χ3n) is 2.55. The fraction of sp³-hybridized carbons (Fsp3) is 0.308. The van der Waals surface area contributed by atoms with Crippen molar-refractivity contribution in [2.24, 2.45) is 0 Å². The maximum absolute atomic E-state index is 11.5. The number of aryl methyl sites for hydroxylation is 1. The number of carbonyl (C=O) groups excluding carboxylic acids is 1. The molecule has 5 nitrogen and oxygen atoms in total. The third kappa shape index (κ3) is 2.94. The molecule has 0 unspecified atom stereocenters. The zero-order valence-corrected chi connectivity index (χ0v) is 10.4. The molecule has 0 radical (unpaired) electrons. The van der Waals surface area contributed by atoms with Crippen LogP contribution in [0.5, 0.6) is 0 Å². The molecule has 2 rings (SSSR count). The van der Waals surface area contributed by atoms with Gasteiger partial charge in [0.15, 0.2) is 11.6 Å². The number of aromatic nitrogens is 2. The summed E-state index contributed by atoms with van der Waals surface area (Å²) in [5, 5.41) is 6.95. The Bertz CT molecular complexity index is 531. The lowest BCUT2D eigenvalue weighted by molar-refractivity contribution is 0.0988. The molecule has 0 aliphatic rings. The Kier molecular flexibility index (Phi) is 3.72. The largest absolute Gasteiger partial charge is 0.378 e. The molecule has 0 saturated heterocycles. The third-order valence-corrected chi connectivity index (χ3v) is 2.55. The number of rotatable bonds is 5. The minimum Gasteiger partial charge on any atom is -0.378 e. The first-order valence-corrected chi connectivity index (χ1v) is 5.85. The van der Waals surface area contributed by atoms with Crippen molar-refractivity contribution in [2.75, 3.05) is 5.32 Å². The average Bonchev–Trinajstić information content (AvgIpc) is 2.82. The number of carbonyl (C=O) groups is 1. The van der Waals surface area contributed by atoms with E-state index in [2.05, 4.69) is 15.5 Å². The monoisotopic (exact) mass is 245 g/mol. The maximum atomic E-state index is 11.5. The second kappa shape index (κ2) is 5.44. The molecular formula is C13H15N3O2. The molecule has 0 amide bonds. The second-order valence-corrected chi connectivity index (χ2v) is 3.94. The number of nitrogens with one attached hydrogen (secondary N) is 1. The predicted octanol–water partition coefficient (Wildman–Crippen LogP) is 2.58. The standard InChI is InChI=1S/C13H15N3O2/c1-3-12(17)10-4-6-11(7-5-10)14-8-13-15-9(2)18-16-13/h4-7,14H,3,8H2,1-2H3. The van der Waals surface area contributed by atoms with Gasteiger partial charge in [0.1, 0.15) is 0 Å². The van der Waals surface area contributed by atoms with E-state index in [9.17, 15) is 4.79 Å². The van der Waals surface area contributed by atoms with Crippen molar-refractivity contribution in [1.82, 2.24) is 10.1 Å². The number of anilines is 1. The summed E-state index contributed by atoms with van der Waals surface area (Å²) in [7, 11) is 0. The van der Waals surface area contributed by atoms with Crippen LogP contribution in [-0.4, -0.2) is 15.9 Å². The van der Waals surface area contributed by atoms with Gasteiger partial charge in [-0.25, -0.2) is 0 Å². The number of Topliss-reactive ketones (excluding diaryl/α,β-unsaturated/α-hetero) is 1. The summed E-state index contributed by atoms with van der Waals surface area (Å²) in [4.78, 5) is 15.5. The van der Waals surface area contributed by atoms with Gasteiger partial charge in [0, 0.05) is 24.6 Å². The molecule has 1 heterocycles. The summed E-state index contributed by atoms with van der Waals surface area (Å²) < 4.78 is 4.87. The van der Waals surface area contributed by atoms with Crippen LogP contribution in [-0.2, 0) is 6.54 Å². The van der Waals surface area contributed by atoms with E-state index < -0.39 is 0 Å². The van der Waals surface area contributed by atoms with E-state index in [-0.39, 0.29) is 5.78 Å². The SMILES string of the molecule is CCC(=O)c1ccc(NCc2noc(C)n2)cc1. The zero-order chi connectivity index (χ0) is 13.0. The zero-order valence-electron chi connectivity index (χ0n) is 10.4. The predicted molar refractivity (Wildman–Crippen MR) is 67.4 cm³/mol. The highest BCUT2D eigenvalue weighted by Crippen LogP contribution is 2.12. The van der Waals surface area contributed by atoms with Crippen molar-refractivity contribution in [3.63, 3.8) is 0 Å². The molecule has 0 aliphatic carbocycles. The quantitative estimate of drug-likeness (QED) is 0.820. The topological polar surface area (TPSA) is 68.0 Å². The number of ketones is 1. The molecule has 1 aromatic heterocycles. The van der Waals surface area contributed by atoms with Gasteiger partial charge < -0.3 is 9.84 Å². The summed E-state index contributed by atoms with van der Waals surface area (Å²) in [6, 6.07) is 7.37. The van der Waals surface area contributed by atoms with Gasteiger partial charge >= 0.3 is 0 Å². The van der Waals surface area contributed by atoms with E-state index >= 15 is 0 Å². The minimum atomic E-state index is 0.148. The fourth-order valence-corrected chi connectivity index (χ4v) is 1.57. The number of hydrogen-bond acceptors (Lipinski definition) is 5. The Morgan fingerprint density at radius 1 is 1.33 bits per heavy atom. The Hall–Kier alpha value is -2.17. The summed E-state index contributed by atoms with van der Waals surface area (Å²) in [5.74, 6) is 1.31. The van der Waals surface area contributed by atoms with Crippen molar-refractivity contribution in [3.05, 3.63) is 41.5 Å². The van der Waals surface area contributed by atoms with E-state index in [4.69, 9.17) is 4.52 Å². The van der Waals surface area contributed by atoms with Crippen molar-refractivity contribution < 1.29 is 9.32 Å². The van der Waals surface area contributed by atoms with Gasteiger partial charge in [-0.2, -0.15) is 4.98 Å². The van der Waals surface area contributed by atoms with Crippen molar-refractivity contribution in [1.29, 1.82) is 0 Å². The van der Waals surface area contributed by atoms with Crippen LogP contribution in [0, 0.1) is 6.92 Å². The first kappa shape index (κ1) is 12.3. The van der Waals surface area contributed by atoms with E-state index in [1.54, 1.807) is 6.92 Å². The van der Waals surface area contributed by atoms with Crippen LogP contribution in [0.25, 0.3) is 0 Å². The van der Waals surface area contributed by atoms with Crippen LogP contribution in [0.3, 0.4) is 0 Å². The highest BCUT2D eigenvalue weighted by molar-refractivity contribution is 5.96. The van der Waals surface area contributed by atoms with E-state index in [0.717, 1.165) is 11.3 Å². The smallest absolute Gasteiger partial charge is 0.223 e. The van der Waals surface area contributed by atoms with E-state index in [1.807, 2.05) is 31.2 Å². The molecule has 1 aromatic carbocycles. The van der Waals surface area contributed by atoms with Gasteiger partial charge in [0.2, 0.25) is 5.89 Å². The molecule has 0 atom stereocenters. The van der Waals surface area contributed by atoms with Crippen molar-refractivity contribution >= 4 is 11.5 Å². The second-order valence-electron chi connectivity index (χ2n) is 3.94. The van der Waals surface area contributed by atoms with Crippen LogP contribution in [0.4, 0.5) is 5.69 Å². The minimum absolute atomic E-state index is 0.148. The molecule has 0 aliphatic heterocycles. The van der Waals surface area contributed by atoms with Crippen LogP contribution >= 0.6 is 0 Å². The normalized spacial score (nSPS) is 10.3. The maximum Gasteiger partial charge on any atom is 0.223 e. The van der Waals surface area contributed by atoms with E-state index in [1.165, 1.54) is 0 Å². The fourth-order valence-electron chi connectivity index (χ4n) is 1.57. The average molecular weight is 245 g/mol. The number of nitrogens with zero attached hydrogens (tertiary/aromatic N) is 2. The summed E-state index contributed by atoms with van der Waals surface area (Å²) in [6.45, 7) is 4.10. The van der Waals surface area contributed by atoms with Gasteiger partial charge in [-0.1, -0.05) is 12.1 Å². The molecule has 18 heavy (non-hydrogen) atoms. The lowest BCUT2D eigenvalue weighted by atomic mass is 10.1. The molecule has 0 saturated carbocycles. The van der Waals surface area contributed by atoms with Gasteiger partial charge in [-0.05, 0) is 24.3 Å². The van der Waals surface area contributed by atoms with E-state index in [0.29, 0.717) is 24.7 Å². The van der Waals surface area contributed by atoms with Crippen LogP contribution in [0.1, 0.15) is 35.4 Å². The molecule has 0 bridgehead atoms. The van der Waals surface area contributed by atoms with Crippen LogP contribution in [0.15, 0.2) is 28.8 Å². The molecule has 1 N–H and O–H groups in total. The molecular weight excluding hydrogens is 230 g/mol. The Labute approximate surface area is 105 Å². The summed E-state index contributed by atoms with van der Waals surface area (Å²) >= 11 is 0. The Morgan fingerprint density at radius 2 is 2.06 bits per heavy atom. The van der Waals surface area contributed by atoms with Crippen LogP contribution < -0.4 is 5.32 Å². The van der Waals surface area contributed by atoms with Crippen LogP contribution in [0.2, 0.25) is 0 Å². The van der Waals surface area contributed by atoms with Gasteiger partial charge in [-0.3, -0.25) is 4.79 Å². The molecule has 0 spiro atoms. The Morgan fingerprint density at radius 3 is 2.61 bits per heavy atom. The van der Waals surface area contributed by atoms with Crippen molar-refractivity contribution in [3.8, 4) is 0 Å². The molecule has 5 heteroatoms.